The molecule has 5 heteroatoms. The fourth-order valence-corrected chi connectivity index (χ4v) is 3.01. The monoisotopic (exact) mass is 338 g/mol. The van der Waals surface area contributed by atoms with Crippen LogP contribution in [0.3, 0.4) is 0 Å². The standard InChI is InChI=1S/C20H22N2O3/c1-15(23)19(24)21-11-13-22(14-12-21)20(25)18-9-7-17(8-10-18)16-5-3-2-4-6-16/h2-10,15,23H,11-14H2,1H3. The molecule has 1 saturated heterocycles. The lowest BCUT2D eigenvalue weighted by molar-refractivity contribution is -0.140. The number of carbonyl (C=O) groups is 2. The van der Waals surface area contributed by atoms with Gasteiger partial charge in [-0.3, -0.25) is 9.59 Å². The summed E-state index contributed by atoms with van der Waals surface area (Å²) < 4.78 is 0. The number of hydrogen-bond donors (Lipinski definition) is 1. The highest BCUT2D eigenvalue weighted by molar-refractivity contribution is 5.95. The Morgan fingerprint density at radius 3 is 1.92 bits per heavy atom. The van der Waals surface area contributed by atoms with Crippen molar-refractivity contribution in [3.63, 3.8) is 0 Å². The summed E-state index contributed by atoms with van der Waals surface area (Å²) in [5.41, 5.74) is 2.84. The van der Waals surface area contributed by atoms with E-state index in [1.54, 1.807) is 9.80 Å². The van der Waals surface area contributed by atoms with Gasteiger partial charge < -0.3 is 14.9 Å². The highest BCUT2D eigenvalue weighted by atomic mass is 16.3. The van der Waals surface area contributed by atoms with Crippen molar-refractivity contribution in [2.24, 2.45) is 0 Å². The van der Waals surface area contributed by atoms with Gasteiger partial charge in [0.2, 0.25) is 0 Å². The molecular formula is C20H22N2O3. The molecule has 2 amide bonds. The Bertz CT molecular complexity index is 733. The zero-order chi connectivity index (χ0) is 17.8. The fraction of sp³-hybridized carbons (Fsp3) is 0.300. The number of aliphatic hydroxyl groups is 1. The second-order valence-corrected chi connectivity index (χ2v) is 6.24. The van der Waals surface area contributed by atoms with Gasteiger partial charge in [-0.1, -0.05) is 42.5 Å². The number of benzene rings is 2. The molecule has 0 radical (unpaired) electrons. The molecule has 1 fully saturated rings. The molecule has 5 nitrogen and oxygen atoms in total. The Labute approximate surface area is 147 Å². The smallest absolute Gasteiger partial charge is 0.253 e. The zero-order valence-electron chi connectivity index (χ0n) is 14.3. The van der Waals surface area contributed by atoms with Crippen molar-refractivity contribution >= 4 is 11.8 Å². The van der Waals surface area contributed by atoms with Crippen molar-refractivity contribution in [1.29, 1.82) is 0 Å². The predicted molar refractivity (Wildman–Crippen MR) is 96.0 cm³/mol. The first-order valence-corrected chi connectivity index (χ1v) is 8.48. The van der Waals surface area contributed by atoms with Crippen LogP contribution in [0.1, 0.15) is 17.3 Å². The summed E-state index contributed by atoms with van der Waals surface area (Å²) in [6.45, 7) is 3.35. The number of hydrogen-bond acceptors (Lipinski definition) is 3. The molecular weight excluding hydrogens is 316 g/mol. The Kier molecular flexibility index (Phi) is 5.14. The van der Waals surface area contributed by atoms with Gasteiger partial charge in [0.25, 0.3) is 11.8 Å². The van der Waals surface area contributed by atoms with Crippen LogP contribution in [0.4, 0.5) is 0 Å². The molecule has 1 aliphatic rings. The lowest BCUT2D eigenvalue weighted by Crippen LogP contribution is -2.52. The second-order valence-electron chi connectivity index (χ2n) is 6.24. The maximum absolute atomic E-state index is 12.6. The third-order valence-corrected chi connectivity index (χ3v) is 4.47. The van der Waals surface area contributed by atoms with E-state index in [4.69, 9.17) is 0 Å². The minimum Gasteiger partial charge on any atom is -0.384 e. The van der Waals surface area contributed by atoms with E-state index in [9.17, 15) is 14.7 Å². The van der Waals surface area contributed by atoms with Crippen LogP contribution >= 0.6 is 0 Å². The summed E-state index contributed by atoms with van der Waals surface area (Å²) in [6, 6.07) is 17.6. The Balaban J connectivity index is 1.63. The minimum atomic E-state index is -0.993. The Morgan fingerprint density at radius 2 is 1.36 bits per heavy atom. The quantitative estimate of drug-likeness (QED) is 0.931. The van der Waals surface area contributed by atoms with E-state index in [-0.39, 0.29) is 11.8 Å². The van der Waals surface area contributed by atoms with Gasteiger partial charge in [-0.25, -0.2) is 0 Å². The van der Waals surface area contributed by atoms with Gasteiger partial charge in [-0.05, 0) is 30.2 Å². The van der Waals surface area contributed by atoms with Crippen molar-refractivity contribution < 1.29 is 14.7 Å². The molecule has 0 aromatic heterocycles. The molecule has 0 aliphatic carbocycles. The Hall–Kier alpha value is -2.66. The van der Waals surface area contributed by atoms with E-state index in [2.05, 4.69) is 0 Å². The molecule has 0 spiro atoms. The third-order valence-electron chi connectivity index (χ3n) is 4.47. The molecule has 1 N–H and O–H groups in total. The van der Waals surface area contributed by atoms with Crippen LogP contribution in [0.5, 0.6) is 0 Å². The minimum absolute atomic E-state index is 0.0243. The molecule has 1 aliphatic heterocycles. The van der Waals surface area contributed by atoms with Crippen LogP contribution in [0, 0.1) is 0 Å². The van der Waals surface area contributed by atoms with Crippen molar-refractivity contribution in [2.75, 3.05) is 26.2 Å². The second kappa shape index (κ2) is 7.49. The first-order valence-electron chi connectivity index (χ1n) is 8.48. The summed E-state index contributed by atoms with van der Waals surface area (Å²) in [5, 5.41) is 9.37. The van der Waals surface area contributed by atoms with Crippen molar-refractivity contribution in [3.8, 4) is 11.1 Å². The summed E-state index contributed by atoms with van der Waals surface area (Å²) in [7, 11) is 0. The molecule has 1 unspecified atom stereocenters. The highest BCUT2D eigenvalue weighted by Crippen LogP contribution is 2.20. The van der Waals surface area contributed by atoms with Gasteiger partial charge in [-0.15, -0.1) is 0 Å². The summed E-state index contributed by atoms with van der Waals surface area (Å²) in [6.07, 6.45) is -0.993. The van der Waals surface area contributed by atoms with Crippen LogP contribution in [0.25, 0.3) is 11.1 Å². The molecule has 130 valence electrons. The maximum Gasteiger partial charge on any atom is 0.253 e. The molecule has 2 aromatic rings. The van der Waals surface area contributed by atoms with Gasteiger partial charge in [0.15, 0.2) is 0 Å². The Morgan fingerprint density at radius 1 is 0.840 bits per heavy atom. The van der Waals surface area contributed by atoms with E-state index in [1.165, 1.54) is 6.92 Å². The average Bonchev–Trinajstić information content (AvgIpc) is 2.67. The predicted octanol–water partition coefficient (Wildman–Crippen LogP) is 2.02. The number of carbonyl (C=O) groups excluding carboxylic acids is 2. The first kappa shape index (κ1) is 17.2. The molecule has 2 aromatic carbocycles. The van der Waals surface area contributed by atoms with E-state index >= 15 is 0 Å². The van der Waals surface area contributed by atoms with Crippen LogP contribution in [-0.4, -0.2) is 59.0 Å². The number of nitrogens with zero attached hydrogens (tertiary/aromatic N) is 2. The maximum atomic E-state index is 12.6. The third kappa shape index (κ3) is 3.88. The molecule has 25 heavy (non-hydrogen) atoms. The van der Waals surface area contributed by atoms with E-state index in [0.29, 0.717) is 31.7 Å². The van der Waals surface area contributed by atoms with Crippen LogP contribution < -0.4 is 0 Å². The van der Waals surface area contributed by atoms with Gasteiger partial charge >= 0.3 is 0 Å². The average molecular weight is 338 g/mol. The van der Waals surface area contributed by atoms with E-state index in [1.807, 2.05) is 54.6 Å². The van der Waals surface area contributed by atoms with Gasteiger partial charge in [0.05, 0.1) is 0 Å². The normalized spacial score (nSPS) is 15.8. The molecule has 0 saturated carbocycles. The number of amides is 2. The SMILES string of the molecule is CC(O)C(=O)N1CCN(C(=O)c2ccc(-c3ccccc3)cc2)CC1. The van der Waals surface area contributed by atoms with Gasteiger partial charge in [0.1, 0.15) is 6.10 Å². The van der Waals surface area contributed by atoms with Crippen molar-refractivity contribution in [3.05, 3.63) is 60.2 Å². The van der Waals surface area contributed by atoms with Gasteiger partial charge in [-0.2, -0.15) is 0 Å². The molecule has 1 heterocycles. The van der Waals surface area contributed by atoms with E-state index < -0.39 is 6.10 Å². The first-order chi connectivity index (χ1) is 12.1. The molecule has 1 atom stereocenters. The summed E-state index contributed by atoms with van der Waals surface area (Å²) in [4.78, 5) is 27.8. The summed E-state index contributed by atoms with van der Waals surface area (Å²) >= 11 is 0. The summed E-state index contributed by atoms with van der Waals surface area (Å²) in [5.74, 6) is -0.303. The van der Waals surface area contributed by atoms with Crippen LogP contribution in [0.2, 0.25) is 0 Å². The highest BCUT2D eigenvalue weighted by Gasteiger charge is 2.26. The number of piperazine rings is 1. The van der Waals surface area contributed by atoms with Crippen LogP contribution in [0.15, 0.2) is 54.6 Å². The number of rotatable bonds is 3. The zero-order valence-corrected chi connectivity index (χ0v) is 14.3. The fourth-order valence-electron chi connectivity index (χ4n) is 3.01. The number of aliphatic hydroxyl groups excluding tert-OH is 1. The molecule has 0 bridgehead atoms. The lowest BCUT2D eigenvalue weighted by Gasteiger charge is -2.35. The largest absolute Gasteiger partial charge is 0.384 e. The van der Waals surface area contributed by atoms with Crippen molar-refractivity contribution in [1.82, 2.24) is 9.80 Å². The van der Waals surface area contributed by atoms with E-state index in [0.717, 1.165) is 11.1 Å². The van der Waals surface area contributed by atoms with Crippen molar-refractivity contribution in [2.45, 2.75) is 13.0 Å². The topological polar surface area (TPSA) is 60.9 Å². The molecule has 3 rings (SSSR count). The lowest BCUT2D eigenvalue weighted by atomic mass is 10.0. The van der Waals surface area contributed by atoms with Crippen LogP contribution in [-0.2, 0) is 4.79 Å². The van der Waals surface area contributed by atoms with Gasteiger partial charge in [0, 0.05) is 31.7 Å².